The lowest BCUT2D eigenvalue weighted by molar-refractivity contribution is -0.0798. The Morgan fingerprint density at radius 1 is 1.38 bits per heavy atom. The van der Waals surface area contributed by atoms with E-state index in [-0.39, 0.29) is 16.4 Å². The molecule has 0 amide bonds. The van der Waals surface area contributed by atoms with Gasteiger partial charge < -0.3 is 9.47 Å². The first-order chi connectivity index (χ1) is 6.25. The number of hydrogen-bond donors (Lipinski definition) is 0. The molecule has 2 heterocycles. The molecule has 0 bridgehead atoms. The van der Waals surface area contributed by atoms with Gasteiger partial charge in [0.1, 0.15) is 6.10 Å². The molecule has 13 heavy (non-hydrogen) atoms. The number of nitrogens with zero attached hydrogens (tertiary/aromatic N) is 2. The molecule has 70 valence electrons. The maximum atomic E-state index is 5.72. The van der Waals surface area contributed by atoms with Gasteiger partial charge in [0.15, 0.2) is 16.1 Å². The van der Waals surface area contributed by atoms with Crippen LogP contribution in [0.5, 0.6) is 5.75 Å². The molecule has 0 aliphatic carbocycles. The molecule has 0 radical (unpaired) electrons. The predicted octanol–water partition coefficient (Wildman–Crippen LogP) is 1.56. The fourth-order valence-electron chi connectivity index (χ4n) is 0.882. The highest BCUT2D eigenvalue weighted by Gasteiger charge is 2.21. The molecule has 0 atom stereocenters. The highest BCUT2D eigenvalue weighted by molar-refractivity contribution is 6.32. The summed E-state index contributed by atoms with van der Waals surface area (Å²) >= 11 is 11.3. The molecule has 1 aromatic rings. The number of rotatable bonds is 2. The van der Waals surface area contributed by atoms with E-state index in [0.717, 1.165) is 0 Å². The van der Waals surface area contributed by atoms with Crippen molar-refractivity contribution in [1.29, 1.82) is 0 Å². The minimum absolute atomic E-state index is 0.0535. The van der Waals surface area contributed by atoms with Crippen molar-refractivity contribution in [1.82, 2.24) is 10.2 Å². The van der Waals surface area contributed by atoms with Crippen molar-refractivity contribution in [3.8, 4) is 5.75 Å². The van der Waals surface area contributed by atoms with Crippen molar-refractivity contribution in [2.24, 2.45) is 0 Å². The van der Waals surface area contributed by atoms with E-state index in [1.54, 1.807) is 0 Å². The lowest BCUT2D eigenvalue weighted by atomic mass is 10.3. The third-order valence-corrected chi connectivity index (χ3v) is 2.03. The maximum absolute atomic E-state index is 5.72. The average Bonchev–Trinajstić information content (AvgIpc) is 2.03. The van der Waals surface area contributed by atoms with Crippen LogP contribution < -0.4 is 4.74 Å². The molecule has 4 nitrogen and oxygen atoms in total. The molecule has 0 unspecified atom stereocenters. The van der Waals surface area contributed by atoms with E-state index in [0.29, 0.717) is 19.0 Å². The first-order valence-corrected chi connectivity index (χ1v) is 4.44. The summed E-state index contributed by atoms with van der Waals surface area (Å²) in [6.07, 6.45) is 0.0535. The number of aromatic nitrogens is 2. The van der Waals surface area contributed by atoms with Gasteiger partial charge in [0.05, 0.1) is 13.2 Å². The summed E-state index contributed by atoms with van der Waals surface area (Å²) in [6.45, 7) is 1.16. The topological polar surface area (TPSA) is 44.2 Å². The van der Waals surface area contributed by atoms with Crippen LogP contribution >= 0.6 is 23.2 Å². The largest absolute Gasteiger partial charge is 0.482 e. The first kappa shape index (κ1) is 8.99. The summed E-state index contributed by atoms with van der Waals surface area (Å²) in [7, 11) is 0. The Labute approximate surface area is 84.8 Å². The summed E-state index contributed by atoms with van der Waals surface area (Å²) in [5, 5.41) is 7.65. The molecule has 1 fully saturated rings. The molecule has 2 rings (SSSR count). The second-order valence-electron chi connectivity index (χ2n) is 2.60. The van der Waals surface area contributed by atoms with Crippen LogP contribution in [0.15, 0.2) is 6.07 Å². The quantitative estimate of drug-likeness (QED) is 0.760. The Hall–Kier alpha value is -0.580. The molecule has 0 saturated carbocycles. The zero-order valence-electron chi connectivity index (χ0n) is 6.54. The minimum Gasteiger partial charge on any atom is -0.482 e. The summed E-state index contributed by atoms with van der Waals surface area (Å²) < 4.78 is 10.4. The minimum atomic E-state index is 0.0535. The van der Waals surface area contributed by atoms with Gasteiger partial charge in [-0.05, 0) is 0 Å². The van der Waals surface area contributed by atoms with Crippen LogP contribution in [-0.2, 0) is 4.74 Å². The zero-order chi connectivity index (χ0) is 9.26. The van der Waals surface area contributed by atoms with Gasteiger partial charge in [0, 0.05) is 6.07 Å². The maximum Gasteiger partial charge on any atom is 0.193 e. The lowest BCUT2D eigenvalue weighted by Crippen LogP contribution is -2.38. The van der Waals surface area contributed by atoms with Gasteiger partial charge >= 0.3 is 0 Å². The fraction of sp³-hybridized carbons (Fsp3) is 0.429. The van der Waals surface area contributed by atoms with Crippen molar-refractivity contribution in [2.75, 3.05) is 13.2 Å². The summed E-state index contributed by atoms with van der Waals surface area (Å²) in [6, 6.07) is 1.54. The fourth-order valence-corrected chi connectivity index (χ4v) is 1.16. The van der Waals surface area contributed by atoms with Gasteiger partial charge in [0.2, 0.25) is 0 Å². The molecule has 1 aliphatic rings. The van der Waals surface area contributed by atoms with E-state index >= 15 is 0 Å². The van der Waals surface area contributed by atoms with Crippen LogP contribution in [0.2, 0.25) is 10.3 Å². The Morgan fingerprint density at radius 2 is 2.15 bits per heavy atom. The predicted molar refractivity (Wildman–Crippen MR) is 47.3 cm³/mol. The monoisotopic (exact) mass is 220 g/mol. The van der Waals surface area contributed by atoms with E-state index in [9.17, 15) is 0 Å². The van der Waals surface area contributed by atoms with Crippen LogP contribution in [0.25, 0.3) is 0 Å². The number of halogens is 2. The van der Waals surface area contributed by atoms with E-state index < -0.39 is 0 Å². The van der Waals surface area contributed by atoms with Gasteiger partial charge in [-0.1, -0.05) is 23.2 Å². The smallest absolute Gasteiger partial charge is 0.193 e. The number of ether oxygens (including phenoxy) is 2. The number of hydrogen-bond acceptors (Lipinski definition) is 4. The Balaban J connectivity index is 2.13. The normalized spacial score (nSPS) is 16.8. The van der Waals surface area contributed by atoms with Crippen molar-refractivity contribution < 1.29 is 9.47 Å². The zero-order valence-corrected chi connectivity index (χ0v) is 8.05. The van der Waals surface area contributed by atoms with Crippen LogP contribution in [0, 0.1) is 0 Å². The van der Waals surface area contributed by atoms with Gasteiger partial charge in [-0.3, -0.25) is 0 Å². The van der Waals surface area contributed by atoms with Crippen molar-refractivity contribution in [2.45, 2.75) is 6.10 Å². The first-order valence-electron chi connectivity index (χ1n) is 3.69. The Kier molecular flexibility index (Phi) is 2.53. The van der Waals surface area contributed by atoms with Gasteiger partial charge in [-0.25, -0.2) is 0 Å². The van der Waals surface area contributed by atoms with Crippen molar-refractivity contribution in [3.05, 3.63) is 16.4 Å². The van der Waals surface area contributed by atoms with E-state index in [2.05, 4.69) is 10.2 Å². The molecule has 1 saturated heterocycles. The van der Waals surface area contributed by atoms with E-state index in [4.69, 9.17) is 32.7 Å². The highest BCUT2D eigenvalue weighted by atomic mass is 35.5. The van der Waals surface area contributed by atoms with E-state index in [1.165, 1.54) is 6.07 Å². The molecular formula is C7H6Cl2N2O2. The molecule has 0 N–H and O–H groups in total. The Morgan fingerprint density at radius 3 is 2.77 bits per heavy atom. The van der Waals surface area contributed by atoms with Gasteiger partial charge in [0.25, 0.3) is 0 Å². The highest BCUT2D eigenvalue weighted by Crippen LogP contribution is 2.25. The molecule has 1 aliphatic heterocycles. The third kappa shape index (κ3) is 2.02. The van der Waals surface area contributed by atoms with E-state index in [1.807, 2.05) is 0 Å². The molecule has 1 aromatic heterocycles. The summed E-state index contributed by atoms with van der Waals surface area (Å²) in [4.78, 5) is 0. The van der Waals surface area contributed by atoms with Crippen molar-refractivity contribution >= 4 is 23.2 Å². The molecule has 0 spiro atoms. The average molecular weight is 221 g/mol. The molecule has 0 aromatic carbocycles. The standard InChI is InChI=1S/C7H6Cl2N2O2/c8-6-1-5(7(9)11-10-6)13-4-2-12-3-4/h1,4H,2-3H2. The summed E-state index contributed by atoms with van der Waals surface area (Å²) in [5.41, 5.74) is 0. The SMILES string of the molecule is Clc1cc(OC2COC2)c(Cl)nn1. The lowest BCUT2D eigenvalue weighted by Gasteiger charge is -2.26. The van der Waals surface area contributed by atoms with Crippen LogP contribution in [0.3, 0.4) is 0 Å². The Bertz CT molecular complexity index is 317. The van der Waals surface area contributed by atoms with Crippen molar-refractivity contribution in [3.63, 3.8) is 0 Å². The second-order valence-corrected chi connectivity index (χ2v) is 3.34. The van der Waals surface area contributed by atoms with Gasteiger partial charge in [-0.2, -0.15) is 0 Å². The van der Waals surface area contributed by atoms with Crippen LogP contribution in [0.1, 0.15) is 0 Å². The third-order valence-electron chi connectivity index (χ3n) is 1.59. The van der Waals surface area contributed by atoms with Crippen LogP contribution in [0.4, 0.5) is 0 Å². The molecular weight excluding hydrogens is 215 g/mol. The molecule has 6 heteroatoms. The summed E-state index contributed by atoms with van der Waals surface area (Å²) in [5.74, 6) is 0.454. The van der Waals surface area contributed by atoms with Gasteiger partial charge in [-0.15, -0.1) is 10.2 Å². The van der Waals surface area contributed by atoms with Crippen LogP contribution in [-0.4, -0.2) is 29.5 Å². The second kappa shape index (κ2) is 3.65.